The van der Waals surface area contributed by atoms with Gasteiger partial charge in [-0.25, -0.2) is 0 Å². The molecule has 0 aliphatic carbocycles. The van der Waals surface area contributed by atoms with Crippen LogP contribution in [0.4, 0.5) is 0 Å². The average molecular weight is 342 g/mol. The highest BCUT2D eigenvalue weighted by Gasteiger charge is 1.95. The lowest BCUT2D eigenvalue weighted by molar-refractivity contribution is 0.294. The molecular weight excluding hydrogens is 321 g/mol. The van der Waals surface area contributed by atoms with Crippen LogP contribution < -0.4 is 14.8 Å². The van der Waals surface area contributed by atoms with Crippen LogP contribution in [0.2, 0.25) is 5.02 Å². The summed E-state index contributed by atoms with van der Waals surface area (Å²) < 4.78 is 11.2. The molecule has 0 aromatic heterocycles. The summed E-state index contributed by atoms with van der Waals surface area (Å²) in [4.78, 5) is 0. The Labute approximate surface area is 143 Å². The molecule has 0 unspecified atom stereocenters. The minimum Gasteiger partial charge on any atom is -0.494 e. The number of para-hydroxylation sites is 1. The van der Waals surface area contributed by atoms with E-state index in [4.69, 9.17) is 21.1 Å². The van der Waals surface area contributed by atoms with Gasteiger partial charge in [-0.1, -0.05) is 35.9 Å². The van der Waals surface area contributed by atoms with Gasteiger partial charge in [-0.2, -0.15) is 0 Å². The van der Waals surface area contributed by atoms with Crippen LogP contribution in [0.3, 0.4) is 0 Å². The van der Waals surface area contributed by atoms with Crippen molar-refractivity contribution in [3.8, 4) is 11.5 Å². The van der Waals surface area contributed by atoms with Gasteiger partial charge in [0.05, 0.1) is 6.61 Å². The Bertz CT molecular complexity index is 523. The summed E-state index contributed by atoms with van der Waals surface area (Å²) in [5, 5.41) is 4.01. The maximum atomic E-state index is 5.88. The molecule has 2 aromatic carbocycles. The third-order valence-electron chi connectivity index (χ3n) is 2.85. The zero-order valence-corrected chi connectivity index (χ0v) is 13.9. The van der Waals surface area contributed by atoms with Crippen molar-refractivity contribution >= 4 is 24.0 Å². The van der Waals surface area contributed by atoms with E-state index in [-0.39, 0.29) is 12.4 Å². The SMILES string of the molecule is Cl.Clc1cccc(OCCNCCCOc2ccccc2)c1. The van der Waals surface area contributed by atoms with Crippen LogP contribution in [0, 0.1) is 0 Å². The molecule has 0 radical (unpaired) electrons. The van der Waals surface area contributed by atoms with Gasteiger partial charge in [-0.05, 0) is 43.3 Å². The second-order valence-corrected chi connectivity index (χ2v) is 5.01. The smallest absolute Gasteiger partial charge is 0.120 e. The van der Waals surface area contributed by atoms with Crippen molar-refractivity contribution in [2.75, 3.05) is 26.3 Å². The van der Waals surface area contributed by atoms with Gasteiger partial charge in [0, 0.05) is 11.6 Å². The number of halogens is 2. The summed E-state index contributed by atoms with van der Waals surface area (Å²) in [5.74, 6) is 1.72. The van der Waals surface area contributed by atoms with Crippen LogP contribution >= 0.6 is 24.0 Å². The van der Waals surface area contributed by atoms with Crippen molar-refractivity contribution in [2.45, 2.75) is 6.42 Å². The van der Waals surface area contributed by atoms with Gasteiger partial charge in [0.25, 0.3) is 0 Å². The topological polar surface area (TPSA) is 30.5 Å². The van der Waals surface area contributed by atoms with Crippen LogP contribution in [-0.4, -0.2) is 26.3 Å². The van der Waals surface area contributed by atoms with Crippen molar-refractivity contribution < 1.29 is 9.47 Å². The Morgan fingerprint density at radius 1 is 0.818 bits per heavy atom. The largest absolute Gasteiger partial charge is 0.494 e. The molecule has 0 saturated carbocycles. The first kappa shape index (κ1) is 18.6. The van der Waals surface area contributed by atoms with Crippen LogP contribution in [0.15, 0.2) is 54.6 Å². The molecule has 0 heterocycles. The van der Waals surface area contributed by atoms with Crippen LogP contribution in [0.1, 0.15) is 6.42 Å². The van der Waals surface area contributed by atoms with Crippen molar-refractivity contribution in [1.82, 2.24) is 5.32 Å². The van der Waals surface area contributed by atoms with E-state index < -0.39 is 0 Å². The molecule has 120 valence electrons. The molecule has 1 N–H and O–H groups in total. The highest BCUT2D eigenvalue weighted by atomic mass is 35.5. The van der Waals surface area contributed by atoms with E-state index >= 15 is 0 Å². The van der Waals surface area contributed by atoms with Gasteiger partial charge in [0.1, 0.15) is 18.1 Å². The molecule has 3 nitrogen and oxygen atoms in total. The minimum atomic E-state index is 0. The molecular formula is C17H21Cl2NO2. The highest BCUT2D eigenvalue weighted by Crippen LogP contribution is 2.16. The van der Waals surface area contributed by atoms with Crippen molar-refractivity contribution in [3.63, 3.8) is 0 Å². The van der Waals surface area contributed by atoms with Gasteiger partial charge in [0.15, 0.2) is 0 Å². The standard InChI is InChI=1S/C17H20ClNO2.ClH/c18-15-6-4-9-17(14-15)21-13-11-19-10-5-12-20-16-7-2-1-3-8-16;/h1-4,6-9,14,19H,5,10-13H2;1H. The minimum absolute atomic E-state index is 0. The quantitative estimate of drug-likeness (QED) is 0.693. The Morgan fingerprint density at radius 2 is 1.55 bits per heavy atom. The monoisotopic (exact) mass is 341 g/mol. The molecule has 2 aromatic rings. The highest BCUT2D eigenvalue weighted by molar-refractivity contribution is 6.30. The predicted molar refractivity (Wildman–Crippen MR) is 93.6 cm³/mol. The number of ether oxygens (including phenoxy) is 2. The van der Waals surface area contributed by atoms with E-state index in [0.717, 1.165) is 31.0 Å². The number of nitrogens with one attached hydrogen (secondary N) is 1. The summed E-state index contributed by atoms with van der Waals surface area (Å²) in [6.45, 7) is 3.05. The third kappa shape index (κ3) is 7.55. The fourth-order valence-electron chi connectivity index (χ4n) is 1.83. The molecule has 0 atom stereocenters. The zero-order valence-electron chi connectivity index (χ0n) is 12.3. The van der Waals surface area contributed by atoms with Crippen LogP contribution in [-0.2, 0) is 0 Å². The number of hydrogen-bond acceptors (Lipinski definition) is 3. The fourth-order valence-corrected chi connectivity index (χ4v) is 2.01. The second kappa shape index (κ2) is 11.2. The number of hydrogen-bond donors (Lipinski definition) is 1. The maximum absolute atomic E-state index is 5.88. The van der Waals surface area contributed by atoms with Gasteiger partial charge in [-0.15, -0.1) is 12.4 Å². The van der Waals surface area contributed by atoms with Crippen LogP contribution in [0.25, 0.3) is 0 Å². The molecule has 0 amide bonds. The van der Waals surface area contributed by atoms with Crippen LogP contribution in [0.5, 0.6) is 11.5 Å². The van der Waals surface area contributed by atoms with Gasteiger partial charge in [-0.3, -0.25) is 0 Å². The summed E-state index contributed by atoms with van der Waals surface area (Å²) in [6, 6.07) is 17.3. The lowest BCUT2D eigenvalue weighted by Gasteiger charge is -2.08. The molecule has 5 heteroatoms. The Morgan fingerprint density at radius 3 is 2.32 bits per heavy atom. The molecule has 0 bridgehead atoms. The van der Waals surface area contributed by atoms with Crippen molar-refractivity contribution in [2.24, 2.45) is 0 Å². The first-order chi connectivity index (χ1) is 10.3. The van der Waals surface area contributed by atoms with Gasteiger partial charge >= 0.3 is 0 Å². The van der Waals surface area contributed by atoms with E-state index in [1.807, 2.05) is 54.6 Å². The summed E-state index contributed by atoms with van der Waals surface area (Å²) in [5.41, 5.74) is 0. The lowest BCUT2D eigenvalue weighted by atomic mass is 10.3. The van der Waals surface area contributed by atoms with E-state index in [2.05, 4.69) is 5.32 Å². The Hall–Kier alpha value is -1.42. The van der Waals surface area contributed by atoms with E-state index in [0.29, 0.717) is 18.2 Å². The van der Waals surface area contributed by atoms with Gasteiger partial charge < -0.3 is 14.8 Å². The summed E-state index contributed by atoms with van der Waals surface area (Å²) in [6.07, 6.45) is 0.964. The van der Waals surface area contributed by atoms with Gasteiger partial charge in [0.2, 0.25) is 0 Å². The molecule has 0 fully saturated rings. The molecule has 0 saturated heterocycles. The zero-order chi connectivity index (χ0) is 14.8. The summed E-state index contributed by atoms with van der Waals surface area (Å²) in [7, 11) is 0. The van der Waals surface area contributed by atoms with E-state index in [9.17, 15) is 0 Å². The number of benzene rings is 2. The van der Waals surface area contributed by atoms with E-state index in [1.54, 1.807) is 0 Å². The molecule has 22 heavy (non-hydrogen) atoms. The molecule has 2 rings (SSSR count). The van der Waals surface area contributed by atoms with E-state index in [1.165, 1.54) is 0 Å². The Balaban J connectivity index is 0.00000242. The third-order valence-corrected chi connectivity index (χ3v) is 3.09. The molecule has 0 aliphatic heterocycles. The molecule has 0 aliphatic rings. The van der Waals surface area contributed by atoms with Crippen molar-refractivity contribution in [3.05, 3.63) is 59.6 Å². The summed E-state index contributed by atoms with van der Waals surface area (Å²) >= 11 is 5.88. The Kier molecular flexibility index (Phi) is 9.47. The fraction of sp³-hybridized carbons (Fsp3) is 0.294. The first-order valence-corrected chi connectivity index (χ1v) is 7.49. The van der Waals surface area contributed by atoms with Crippen molar-refractivity contribution in [1.29, 1.82) is 0 Å². The average Bonchev–Trinajstić information content (AvgIpc) is 2.51. The predicted octanol–water partition coefficient (Wildman–Crippen LogP) is 4.20. The first-order valence-electron chi connectivity index (χ1n) is 7.11. The second-order valence-electron chi connectivity index (χ2n) is 4.57. The maximum Gasteiger partial charge on any atom is 0.120 e. The number of rotatable bonds is 9. The lowest BCUT2D eigenvalue weighted by Crippen LogP contribution is -2.23. The molecule has 0 spiro atoms. The normalized spacial score (nSPS) is 9.86.